The van der Waals surface area contributed by atoms with Crippen LogP contribution in [0.5, 0.6) is 11.5 Å². The van der Waals surface area contributed by atoms with Crippen LogP contribution in [0.1, 0.15) is 39.3 Å². The highest BCUT2D eigenvalue weighted by Crippen LogP contribution is 2.40. The average molecular weight is 384 g/mol. The van der Waals surface area contributed by atoms with E-state index in [-0.39, 0.29) is 23.5 Å². The van der Waals surface area contributed by atoms with E-state index >= 15 is 0 Å². The van der Waals surface area contributed by atoms with Crippen molar-refractivity contribution >= 4 is 11.9 Å². The summed E-state index contributed by atoms with van der Waals surface area (Å²) in [5, 5.41) is 12.0. The predicted octanol–water partition coefficient (Wildman–Crippen LogP) is 1.99. The fraction of sp³-hybridized carbons (Fsp3) is 0.350. The Morgan fingerprint density at radius 3 is 2.68 bits per heavy atom. The number of carbonyl (C=O) groups is 2. The van der Waals surface area contributed by atoms with Crippen LogP contribution in [0.25, 0.3) is 0 Å². The van der Waals surface area contributed by atoms with E-state index in [2.05, 4.69) is 10.3 Å². The van der Waals surface area contributed by atoms with Gasteiger partial charge in [-0.3, -0.25) is 9.78 Å². The van der Waals surface area contributed by atoms with Gasteiger partial charge in [-0.2, -0.15) is 0 Å². The number of pyridine rings is 1. The summed E-state index contributed by atoms with van der Waals surface area (Å²) in [4.78, 5) is 27.7. The monoisotopic (exact) mass is 384 g/mol. The van der Waals surface area contributed by atoms with Crippen molar-refractivity contribution in [3.8, 4) is 11.5 Å². The molecule has 1 aromatic heterocycles. The maximum Gasteiger partial charge on any atom is 0.335 e. The van der Waals surface area contributed by atoms with Crippen LogP contribution in [-0.2, 0) is 10.2 Å². The zero-order chi connectivity index (χ0) is 19.6. The maximum absolute atomic E-state index is 12.6. The zero-order valence-corrected chi connectivity index (χ0v) is 15.1. The van der Waals surface area contributed by atoms with Gasteiger partial charge in [-0.15, -0.1) is 0 Å². The van der Waals surface area contributed by atoms with Gasteiger partial charge in [0.05, 0.1) is 5.56 Å². The van der Waals surface area contributed by atoms with Crippen molar-refractivity contribution in [1.82, 2.24) is 10.3 Å². The first-order valence-corrected chi connectivity index (χ1v) is 9.03. The van der Waals surface area contributed by atoms with E-state index in [1.807, 2.05) is 18.2 Å². The summed E-state index contributed by atoms with van der Waals surface area (Å²) in [6, 6.07) is 8.46. The van der Waals surface area contributed by atoms with Gasteiger partial charge in [0.25, 0.3) is 5.91 Å². The number of carboxylic acids is 1. The molecule has 3 heterocycles. The molecule has 0 atom stereocenters. The van der Waals surface area contributed by atoms with E-state index in [0.717, 1.165) is 18.4 Å². The van der Waals surface area contributed by atoms with Gasteiger partial charge in [0.2, 0.25) is 6.79 Å². The number of rotatable bonds is 5. The molecule has 0 unspecified atom stereocenters. The standard InChI is InChI=1S/C20H20N2O6/c23-18(15-9-13(19(24)25)3-6-21-15)22-11-20(4-7-26-8-5-20)14-1-2-16-17(10-14)28-12-27-16/h1-3,6,9-10H,4-5,7-8,11-12H2,(H,22,23)(H,24,25). The quantitative estimate of drug-likeness (QED) is 0.812. The Labute approximate surface area is 161 Å². The van der Waals surface area contributed by atoms with E-state index in [0.29, 0.717) is 31.3 Å². The van der Waals surface area contributed by atoms with Crippen LogP contribution in [0.3, 0.4) is 0 Å². The van der Waals surface area contributed by atoms with Crippen LogP contribution in [-0.4, -0.2) is 48.5 Å². The Hall–Kier alpha value is -3.13. The molecule has 146 valence electrons. The summed E-state index contributed by atoms with van der Waals surface area (Å²) >= 11 is 0. The van der Waals surface area contributed by atoms with Crippen molar-refractivity contribution in [2.45, 2.75) is 18.3 Å². The molecule has 2 aliphatic heterocycles. The van der Waals surface area contributed by atoms with Crippen LogP contribution in [0.4, 0.5) is 0 Å². The molecule has 0 radical (unpaired) electrons. The van der Waals surface area contributed by atoms with Gasteiger partial charge in [0.1, 0.15) is 5.69 Å². The number of nitrogens with zero attached hydrogens (tertiary/aromatic N) is 1. The Morgan fingerprint density at radius 1 is 1.11 bits per heavy atom. The molecule has 2 aromatic rings. The number of aromatic carboxylic acids is 1. The van der Waals surface area contributed by atoms with Crippen LogP contribution in [0, 0.1) is 0 Å². The molecular weight excluding hydrogens is 364 g/mol. The molecule has 0 saturated carbocycles. The highest BCUT2D eigenvalue weighted by Gasteiger charge is 2.36. The lowest BCUT2D eigenvalue weighted by Crippen LogP contribution is -2.44. The normalized spacial score (nSPS) is 17.1. The lowest BCUT2D eigenvalue weighted by atomic mass is 9.74. The van der Waals surface area contributed by atoms with Gasteiger partial charge in [0.15, 0.2) is 11.5 Å². The second-order valence-electron chi connectivity index (χ2n) is 6.88. The van der Waals surface area contributed by atoms with E-state index in [9.17, 15) is 9.59 Å². The zero-order valence-electron chi connectivity index (χ0n) is 15.1. The van der Waals surface area contributed by atoms with Gasteiger partial charge in [-0.25, -0.2) is 4.79 Å². The second-order valence-corrected chi connectivity index (χ2v) is 6.88. The highest BCUT2D eigenvalue weighted by atomic mass is 16.7. The van der Waals surface area contributed by atoms with Gasteiger partial charge < -0.3 is 24.6 Å². The summed E-state index contributed by atoms with van der Waals surface area (Å²) in [6.45, 7) is 1.78. The summed E-state index contributed by atoms with van der Waals surface area (Å²) < 4.78 is 16.4. The first-order valence-electron chi connectivity index (χ1n) is 9.03. The molecule has 0 aliphatic carbocycles. The number of hydrogen-bond acceptors (Lipinski definition) is 6. The molecule has 0 bridgehead atoms. The van der Waals surface area contributed by atoms with Crippen LogP contribution in [0.15, 0.2) is 36.5 Å². The van der Waals surface area contributed by atoms with Crippen molar-refractivity contribution in [2.24, 2.45) is 0 Å². The summed E-state index contributed by atoms with van der Waals surface area (Å²) in [5.41, 5.74) is 0.844. The molecule has 8 nitrogen and oxygen atoms in total. The van der Waals surface area contributed by atoms with Crippen molar-refractivity contribution < 1.29 is 28.9 Å². The molecule has 2 aliphatic rings. The number of benzene rings is 1. The molecule has 1 saturated heterocycles. The van der Waals surface area contributed by atoms with Crippen molar-refractivity contribution in [2.75, 3.05) is 26.6 Å². The number of carbonyl (C=O) groups excluding carboxylic acids is 1. The minimum atomic E-state index is -1.10. The largest absolute Gasteiger partial charge is 0.478 e. The molecular formula is C20H20N2O6. The minimum Gasteiger partial charge on any atom is -0.478 e. The Morgan fingerprint density at radius 2 is 1.89 bits per heavy atom. The fourth-order valence-electron chi connectivity index (χ4n) is 3.58. The lowest BCUT2D eigenvalue weighted by molar-refractivity contribution is 0.0486. The number of amides is 1. The molecule has 1 amide bonds. The van der Waals surface area contributed by atoms with Gasteiger partial charge >= 0.3 is 5.97 Å². The Kier molecular flexibility index (Phi) is 4.87. The van der Waals surface area contributed by atoms with Crippen molar-refractivity contribution in [3.63, 3.8) is 0 Å². The number of nitrogens with one attached hydrogen (secondary N) is 1. The summed E-state index contributed by atoms with van der Waals surface area (Å²) in [6.07, 6.45) is 2.81. The van der Waals surface area contributed by atoms with E-state index in [1.54, 1.807) is 0 Å². The third kappa shape index (κ3) is 3.50. The first kappa shape index (κ1) is 18.2. The van der Waals surface area contributed by atoms with Crippen LogP contribution >= 0.6 is 0 Å². The number of hydrogen-bond donors (Lipinski definition) is 2. The van der Waals surface area contributed by atoms with Crippen LogP contribution < -0.4 is 14.8 Å². The van der Waals surface area contributed by atoms with Crippen LogP contribution in [0.2, 0.25) is 0 Å². The minimum absolute atomic E-state index is 0.0247. The Bertz CT molecular complexity index is 907. The first-order chi connectivity index (χ1) is 13.6. The molecule has 0 spiro atoms. The SMILES string of the molecule is O=C(O)c1ccnc(C(=O)NCC2(c3ccc4c(c3)OCO4)CCOCC2)c1. The van der Waals surface area contributed by atoms with Crippen molar-refractivity contribution in [3.05, 3.63) is 53.3 Å². The van der Waals surface area contributed by atoms with E-state index in [1.165, 1.54) is 18.3 Å². The molecule has 2 N–H and O–H groups in total. The molecule has 28 heavy (non-hydrogen) atoms. The Balaban J connectivity index is 1.55. The fourth-order valence-corrected chi connectivity index (χ4v) is 3.58. The molecule has 1 aromatic carbocycles. The topological polar surface area (TPSA) is 107 Å². The number of ether oxygens (including phenoxy) is 3. The second kappa shape index (κ2) is 7.47. The summed E-state index contributed by atoms with van der Waals surface area (Å²) in [7, 11) is 0. The van der Waals surface area contributed by atoms with Gasteiger partial charge in [0, 0.05) is 31.4 Å². The van der Waals surface area contributed by atoms with Crippen molar-refractivity contribution in [1.29, 1.82) is 0 Å². The number of carboxylic acid groups (broad SMARTS) is 1. The van der Waals surface area contributed by atoms with E-state index < -0.39 is 11.9 Å². The smallest absolute Gasteiger partial charge is 0.335 e. The number of aromatic nitrogens is 1. The maximum atomic E-state index is 12.6. The third-order valence-electron chi connectivity index (χ3n) is 5.26. The highest BCUT2D eigenvalue weighted by molar-refractivity contribution is 5.95. The molecule has 4 rings (SSSR count). The van der Waals surface area contributed by atoms with Gasteiger partial charge in [-0.1, -0.05) is 6.07 Å². The molecule has 8 heteroatoms. The third-order valence-corrected chi connectivity index (χ3v) is 5.26. The van der Waals surface area contributed by atoms with Gasteiger partial charge in [-0.05, 0) is 42.7 Å². The lowest BCUT2D eigenvalue weighted by Gasteiger charge is -2.38. The summed E-state index contributed by atoms with van der Waals surface area (Å²) in [5.74, 6) is -0.0948. The molecule has 1 fully saturated rings. The number of fused-ring (bicyclic) bond motifs is 1. The average Bonchev–Trinajstić information content (AvgIpc) is 3.20. The predicted molar refractivity (Wildman–Crippen MR) is 97.8 cm³/mol. The van der Waals surface area contributed by atoms with E-state index in [4.69, 9.17) is 19.3 Å².